The van der Waals surface area contributed by atoms with Crippen LogP contribution in [0.1, 0.15) is 20.3 Å². The molecular weight excluding hydrogens is 194 g/mol. The fourth-order valence-corrected chi connectivity index (χ4v) is 1.45. The zero-order valence-corrected chi connectivity index (χ0v) is 8.92. The van der Waals surface area contributed by atoms with Gasteiger partial charge in [0.1, 0.15) is 0 Å². The summed E-state index contributed by atoms with van der Waals surface area (Å²) in [6.07, 6.45) is 3.39. The molecule has 0 amide bonds. The number of carboxylic acids is 1. The van der Waals surface area contributed by atoms with Gasteiger partial charge in [0.2, 0.25) is 5.95 Å². The molecule has 15 heavy (non-hydrogen) atoms. The lowest BCUT2D eigenvalue weighted by Gasteiger charge is -2.26. The van der Waals surface area contributed by atoms with Gasteiger partial charge in [0, 0.05) is 25.0 Å². The number of nitrogens with zero attached hydrogens (tertiary/aromatic N) is 3. The molecule has 1 rings (SSSR count). The first-order chi connectivity index (χ1) is 7.15. The standard InChI is InChI=1S/C10H15N3O2/c1-3-13(8(2)7-9(14)15)10-11-5-4-6-12-10/h4-6,8H,3,7H2,1-2H3,(H,14,15). The Labute approximate surface area is 88.8 Å². The summed E-state index contributed by atoms with van der Waals surface area (Å²) in [6, 6.07) is 1.63. The van der Waals surface area contributed by atoms with Crippen LogP contribution in [0.5, 0.6) is 0 Å². The zero-order chi connectivity index (χ0) is 11.3. The van der Waals surface area contributed by atoms with Gasteiger partial charge in [0.25, 0.3) is 0 Å². The summed E-state index contributed by atoms with van der Waals surface area (Å²) in [7, 11) is 0. The van der Waals surface area contributed by atoms with Crippen molar-refractivity contribution in [3.8, 4) is 0 Å². The molecule has 0 saturated carbocycles. The molecule has 5 nitrogen and oxygen atoms in total. The highest BCUT2D eigenvalue weighted by molar-refractivity contribution is 5.68. The molecule has 1 unspecified atom stereocenters. The second kappa shape index (κ2) is 5.29. The number of carboxylic acid groups (broad SMARTS) is 1. The van der Waals surface area contributed by atoms with Crippen molar-refractivity contribution >= 4 is 11.9 Å². The Morgan fingerprint density at radius 3 is 2.60 bits per heavy atom. The average molecular weight is 209 g/mol. The molecule has 1 N–H and O–H groups in total. The van der Waals surface area contributed by atoms with Gasteiger partial charge in [0.15, 0.2) is 0 Å². The second-order valence-electron chi connectivity index (χ2n) is 3.28. The minimum atomic E-state index is -0.808. The summed E-state index contributed by atoms with van der Waals surface area (Å²) in [5.41, 5.74) is 0. The van der Waals surface area contributed by atoms with E-state index in [0.29, 0.717) is 12.5 Å². The molecule has 0 spiro atoms. The van der Waals surface area contributed by atoms with Crippen molar-refractivity contribution in [1.29, 1.82) is 0 Å². The number of hydrogen-bond donors (Lipinski definition) is 1. The molecule has 1 aromatic rings. The van der Waals surface area contributed by atoms with E-state index in [1.807, 2.05) is 18.7 Å². The highest BCUT2D eigenvalue weighted by atomic mass is 16.4. The van der Waals surface area contributed by atoms with Crippen LogP contribution in [0.3, 0.4) is 0 Å². The largest absolute Gasteiger partial charge is 0.481 e. The number of rotatable bonds is 5. The van der Waals surface area contributed by atoms with E-state index in [2.05, 4.69) is 9.97 Å². The van der Waals surface area contributed by atoms with Gasteiger partial charge >= 0.3 is 5.97 Å². The lowest BCUT2D eigenvalue weighted by atomic mass is 10.2. The Morgan fingerprint density at radius 1 is 1.53 bits per heavy atom. The van der Waals surface area contributed by atoms with Crippen LogP contribution < -0.4 is 4.90 Å². The van der Waals surface area contributed by atoms with Gasteiger partial charge in [-0.1, -0.05) is 0 Å². The van der Waals surface area contributed by atoms with E-state index in [0.717, 1.165) is 0 Å². The number of carbonyl (C=O) groups is 1. The van der Waals surface area contributed by atoms with Crippen molar-refractivity contribution in [2.45, 2.75) is 26.3 Å². The van der Waals surface area contributed by atoms with Crippen LogP contribution in [-0.4, -0.2) is 33.6 Å². The highest BCUT2D eigenvalue weighted by Crippen LogP contribution is 2.11. The van der Waals surface area contributed by atoms with Crippen molar-refractivity contribution in [3.63, 3.8) is 0 Å². The Bertz CT molecular complexity index is 316. The van der Waals surface area contributed by atoms with E-state index in [1.54, 1.807) is 18.5 Å². The molecule has 82 valence electrons. The summed E-state index contributed by atoms with van der Waals surface area (Å²) in [5, 5.41) is 8.71. The summed E-state index contributed by atoms with van der Waals surface area (Å²) in [6.45, 7) is 4.50. The maximum Gasteiger partial charge on any atom is 0.305 e. The van der Waals surface area contributed by atoms with Crippen LogP contribution in [0, 0.1) is 0 Å². The minimum Gasteiger partial charge on any atom is -0.481 e. The second-order valence-corrected chi connectivity index (χ2v) is 3.28. The molecule has 1 atom stereocenters. The minimum absolute atomic E-state index is 0.0894. The Morgan fingerprint density at radius 2 is 2.13 bits per heavy atom. The summed E-state index contributed by atoms with van der Waals surface area (Å²) < 4.78 is 0. The predicted molar refractivity (Wildman–Crippen MR) is 56.8 cm³/mol. The molecule has 1 aromatic heterocycles. The van der Waals surface area contributed by atoms with Crippen LogP contribution in [0.2, 0.25) is 0 Å². The number of hydrogen-bond acceptors (Lipinski definition) is 4. The molecule has 0 aliphatic heterocycles. The molecular formula is C10H15N3O2. The van der Waals surface area contributed by atoms with Gasteiger partial charge < -0.3 is 10.0 Å². The number of aliphatic carboxylic acids is 1. The molecule has 0 radical (unpaired) electrons. The van der Waals surface area contributed by atoms with Crippen molar-refractivity contribution in [2.75, 3.05) is 11.4 Å². The van der Waals surface area contributed by atoms with Crippen molar-refractivity contribution in [1.82, 2.24) is 9.97 Å². The van der Waals surface area contributed by atoms with E-state index in [-0.39, 0.29) is 12.5 Å². The van der Waals surface area contributed by atoms with Crippen LogP contribution >= 0.6 is 0 Å². The highest BCUT2D eigenvalue weighted by Gasteiger charge is 2.17. The first-order valence-electron chi connectivity index (χ1n) is 4.90. The zero-order valence-electron chi connectivity index (χ0n) is 8.92. The first kappa shape index (κ1) is 11.4. The van der Waals surface area contributed by atoms with Crippen molar-refractivity contribution in [2.24, 2.45) is 0 Å². The topological polar surface area (TPSA) is 66.3 Å². The van der Waals surface area contributed by atoms with Gasteiger partial charge in [-0.3, -0.25) is 4.79 Å². The van der Waals surface area contributed by atoms with E-state index in [4.69, 9.17) is 5.11 Å². The fraction of sp³-hybridized carbons (Fsp3) is 0.500. The smallest absolute Gasteiger partial charge is 0.305 e. The number of aromatic nitrogens is 2. The lowest BCUT2D eigenvalue weighted by Crippen LogP contribution is -2.35. The molecule has 0 bridgehead atoms. The van der Waals surface area contributed by atoms with Crippen LogP contribution in [0.4, 0.5) is 5.95 Å². The average Bonchev–Trinajstić information content (AvgIpc) is 2.19. The van der Waals surface area contributed by atoms with E-state index < -0.39 is 5.97 Å². The fourth-order valence-electron chi connectivity index (χ4n) is 1.45. The predicted octanol–water partition coefficient (Wildman–Crippen LogP) is 1.17. The number of anilines is 1. The van der Waals surface area contributed by atoms with E-state index in [9.17, 15) is 4.79 Å². The van der Waals surface area contributed by atoms with Gasteiger partial charge in [-0.2, -0.15) is 0 Å². The van der Waals surface area contributed by atoms with Crippen LogP contribution in [-0.2, 0) is 4.79 Å². The van der Waals surface area contributed by atoms with Gasteiger partial charge in [-0.05, 0) is 19.9 Å². The summed E-state index contributed by atoms with van der Waals surface area (Å²) in [4.78, 5) is 20.7. The summed E-state index contributed by atoms with van der Waals surface area (Å²) >= 11 is 0. The molecule has 0 aromatic carbocycles. The molecule has 0 aliphatic carbocycles. The van der Waals surface area contributed by atoms with Crippen molar-refractivity contribution < 1.29 is 9.90 Å². The molecule has 1 heterocycles. The van der Waals surface area contributed by atoms with E-state index in [1.165, 1.54) is 0 Å². The SMILES string of the molecule is CCN(c1ncccn1)C(C)CC(=O)O. The van der Waals surface area contributed by atoms with E-state index >= 15 is 0 Å². The Balaban J connectivity index is 2.75. The first-order valence-corrected chi connectivity index (χ1v) is 4.90. The van der Waals surface area contributed by atoms with Gasteiger partial charge in [-0.15, -0.1) is 0 Å². The molecule has 0 saturated heterocycles. The van der Waals surface area contributed by atoms with Gasteiger partial charge in [-0.25, -0.2) is 9.97 Å². The normalized spacial score (nSPS) is 12.1. The Kier molecular flexibility index (Phi) is 4.03. The Hall–Kier alpha value is -1.65. The monoisotopic (exact) mass is 209 g/mol. The quantitative estimate of drug-likeness (QED) is 0.788. The maximum atomic E-state index is 10.6. The molecule has 0 fully saturated rings. The molecule has 5 heteroatoms. The van der Waals surface area contributed by atoms with Gasteiger partial charge in [0.05, 0.1) is 6.42 Å². The molecule has 0 aliphatic rings. The summed E-state index contributed by atoms with van der Waals surface area (Å²) in [5.74, 6) is -0.231. The third-order valence-electron chi connectivity index (χ3n) is 2.15. The third-order valence-corrected chi connectivity index (χ3v) is 2.15. The van der Waals surface area contributed by atoms with Crippen molar-refractivity contribution in [3.05, 3.63) is 18.5 Å². The van der Waals surface area contributed by atoms with Crippen LogP contribution in [0.15, 0.2) is 18.5 Å². The maximum absolute atomic E-state index is 10.6. The lowest BCUT2D eigenvalue weighted by molar-refractivity contribution is -0.137. The third kappa shape index (κ3) is 3.19. The van der Waals surface area contributed by atoms with Crippen LogP contribution in [0.25, 0.3) is 0 Å².